The highest BCUT2D eigenvalue weighted by molar-refractivity contribution is 9.06. The van der Waals surface area contributed by atoms with E-state index in [0.717, 1.165) is 23.8 Å². The zero-order valence-electron chi connectivity index (χ0n) is 27.4. The van der Waals surface area contributed by atoms with E-state index in [-0.39, 0.29) is 50.2 Å². The lowest BCUT2D eigenvalue weighted by atomic mass is 9.81. The summed E-state index contributed by atoms with van der Waals surface area (Å²) >= 11 is 2.56. The van der Waals surface area contributed by atoms with Crippen molar-refractivity contribution in [3.63, 3.8) is 0 Å². The highest BCUT2D eigenvalue weighted by Crippen LogP contribution is 2.29. The molecule has 0 heterocycles. The maximum atomic E-state index is 14.2. The van der Waals surface area contributed by atoms with Crippen LogP contribution in [0, 0.1) is 17.0 Å². The lowest BCUT2D eigenvalue weighted by Crippen LogP contribution is -2.51. The Labute approximate surface area is 283 Å². The molecule has 13 heteroatoms. The topological polar surface area (TPSA) is 140 Å². The number of nitrogens with one attached hydrogen (secondary N) is 2. The van der Waals surface area contributed by atoms with Gasteiger partial charge >= 0.3 is 12.2 Å². The lowest BCUT2D eigenvalue weighted by molar-refractivity contribution is -0.130. The van der Waals surface area contributed by atoms with E-state index in [4.69, 9.17) is 9.47 Å². The first-order chi connectivity index (χ1) is 22.0. The number of aliphatic hydroxyl groups is 1. The molecule has 0 saturated heterocycles. The third kappa shape index (κ3) is 15.8. The van der Waals surface area contributed by atoms with Crippen molar-refractivity contribution >= 4 is 40.0 Å². The van der Waals surface area contributed by atoms with Gasteiger partial charge in [0, 0.05) is 25.3 Å². The molecule has 2 rings (SSSR count). The summed E-state index contributed by atoms with van der Waals surface area (Å²) in [5, 5.41) is 15.9. The fraction of sp³-hybridized carbons (Fsp3) is 0.529. The number of benzene rings is 2. The maximum Gasteiger partial charge on any atom is 0.419 e. The van der Waals surface area contributed by atoms with Gasteiger partial charge in [-0.15, -0.1) is 0 Å². The Kier molecular flexibility index (Phi) is 15.9. The van der Waals surface area contributed by atoms with E-state index >= 15 is 0 Å². The molecule has 0 aromatic heterocycles. The second-order valence-corrected chi connectivity index (χ2v) is 13.5. The second-order valence-electron chi connectivity index (χ2n) is 13.2. The molecule has 0 radical (unpaired) electrons. The van der Waals surface area contributed by atoms with Crippen molar-refractivity contribution in [2.75, 3.05) is 6.61 Å². The summed E-state index contributed by atoms with van der Waals surface area (Å²) in [4.78, 5) is 50.3. The first-order valence-electron chi connectivity index (χ1n) is 15.3. The first-order valence-corrected chi connectivity index (χ1v) is 16.0. The van der Waals surface area contributed by atoms with Gasteiger partial charge in [-0.05, 0) is 74.8 Å². The van der Waals surface area contributed by atoms with Gasteiger partial charge in [-0.2, -0.15) is 0 Å². The van der Waals surface area contributed by atoms with Crippen molar-refractivity contribution < 1.29 is 46.4 Å². The van der Waals surface area contributed by atoms with Crippen LogP contribution < -0.4 is 10.6 Å². The van der Waals surface area contributed by atoms with Crippen molar-refractivity contribution in [3.8, 4) is 0 Å². The van der Waals surface area contributed by atoms with Crippen LogP contribution in [0.5, 0.6) is 0 Å². The maximum absolute atomic E-state index is 14.2. The number of rotatable bonds is 18. The summed E-state index contributed by atoms with van der Waals surface area (Å²) in [5.41, 5.74) is -0.416. The molecule has 0 fully saturated rings. The van der Waals surface area contributed by atoms with E-state index in [9.17, 15) is 33.1 Å². The molecule has 0 aliphatic heterocycles. The van der Waals surface area contributed by atoms with Crippen LogP contribution >= 0.6 is 16.3 Å². The van der Waals surface area contributed by atoms with Crippen molar-refractivity contribution in [1.29, 1.82) is 0 Å². The smallest absolute Gasteiger partial charge is 0.419 e. The molecule has 2 aromatic rings. The Morgan fingerprint density at radius 2 is 1.57 bits per heavy atom. The molecule has 0 spiro atoms. The molecular weight excluding hydrogens is 682 g/mol. The minimum Gasteiger partial charge on any atom is -0.444 e. The van der Waals surface area contributed by atoms with E-state index in [2.05, 4.69) is 30.7 Å². The standard InChI is InChI=1S/C34H45BrF2N2O8/c1-33(2,3)46-31(43)39-28(21-45-20-22-9-7-6-8-10-22)30(42)29(41)14-16-34(4,5)15-13-26(40)19-25(38-32(44)47-35)18-23-17-24(36)11-12-27(23)37/h6-12,17,25,28,30,42H,13-16,18-21H2,1-5H3,(H,38,44)(H,39,43)/t25?,28-,30+/m1/s1. The van der Waals surface area contributed by atoms with Crippen molar-refractivity contribution in [1.82, 2.24) is 10.6 Å². The fourth-order valence-electron chi connectivity index (χ4n) is 4.69. The minimum atomic E-state index is -1.57. The van der Waals surface area contributed by atoms with Crippen LogP contribution in [0.25, 0.3) is 0 Å². The summed E-state index contributed by atoms with van der Waals surface area (Å²) in [6.45, 7) is 8.90. The molecule has 3 atom stereocenters. The molecule has 1 unspecified atom stereocenters. The minimum absolute atomic E-state index is 0.000000676. The van der Waals surface area contributed by atoms with E-state index < -0.39 is 58.8 Å². The number of ketones is 2. The van der Waals surface area contributed by atoms with E-state index in [0.29, 0.717) is 12.8 Å². The molecule has 260 valence electrons. The van der Waals surface area contributed by atoms with Crippen LogP contribution in [0.3, 0.4) is 0 Å². The van der Waals surface area contributed by atoms with Gasteiger partial charge in [0.1, 0.15) is 29.1 Å². The van der Waals surface area contributed by atoms with E-state index in [1.165, 1.54) is 0 Å². The largest absolute Gasteiger partial charge is 0.444 e. The molecule has 2 amide bonds. The molecule has 47 heavy (non-hydrogen) atoms. The third-order valence-electron chi connectivity index (χ3n) is 7.29. The van der Waals surface area contributed by atoms with Gasteiger partial charge in [0.05, 0.1) is 19.3 Å². The summed E-state index contributed by atoms with van der Waals surface area (Å²) < 4.78 is 43.3. The number of carbonyl (C=O) groups is 4. The third-order valence-corrected chi connectivity index (χ3v) is 7.59. The van der Waals surface area contributed by atoms with Gasteiger partial charge < -0.3 is 29.0 Å². The molecule has 0 bridgehead atoms. The van der Waals surface area contributed by atoms with Gasteiger partial charge in [0.2, 0.25) is 0 Å². The highest BCUT2D eigenvalue weighted by Gasteiger charge is 2.31. The number of carbonyl (C=O) groups excluding carboxylic acids is 4. The average Bonchev–Trinajstić information content (AvgIpc) is 2.99. The first kappa shape index (κ1) is 39.8. The monoisotopic (exact) mass is 726 g/mol. The van der Waals surface area contributed by atoms with Crippen LogP contribution in [0.4, 0.5) is 18.4 Å². The molecular formula is C34H45BrF2N2O8. The molecule has 0 aliphatic carbocycles. The van der Waals surface area contributed by atoms with Gasteiger partial charge in [0.25, 0.3) is 0 Å². The Morgan fingerprint density at radius 1 is 0.915 bits per heavy atom. The predicted octanol–water partition coefficient (Wildman–Crippen LogP) is 6.50. The summed E-state index contributed by atoms with van der Waals surface area (Å²) in [5.74, 6) is -2.07. The van der Waals surface area contributed by atoms with Crippen LogP contribution in [0.2, 0.25) is 0 Å². The number of alkyl carbamates (subject to hydrolysis) is 1. The number of ether oxygens (including phenoxy) is 2. The zero-order chi connectivity index (χ0) is 35.2. The number of amides is 2. The van der Waals surface area contributed by atoms with Gasteiger partial charge in [0.15, 0.2) is 22.0 Å². The van der Waals surface area contributed by atoms with Crippen LogP contribution in [-0.4, -0.2) is 59.3 Å². The van der Waals surface area contributed by atoms with Gasteiger partial charge in [-0.25, -0.2) is 18.4 Å². The van der Waals surface area contributed by atoms with Crippen molar-refractivity contribution in [3.05, 3.63) is 71.3 Å². The molecule has 0 saturated carbocycles. The predicted molar refractivity (Wildman–Crippen MR) is 175 cm³/mol. The lowest BCUT2D eigenvalue weighted by Gasteiger charge is -2.28. The van der Waals surface area contributed by atoms with E-state index in [1.807, 2.05) is 44.2 Å². The second kappa shape index (κ2) is 18.8. The van der Waals surface area contributed by atoms with E-state index in [1.54, 1.807) is 20.8 Å². The van der Waals surface area contributed by atoms with Crippen LogP contribution in [0.15, 0.2) is 48.5 Å². The van der Waals surface area contributed by atoms with Crippen LogP contribution in [0.1, 0.15) is 77.8 Å². The van der Waals surface area contributed by atoms with Crippen molar-refractivity contribution in [2.24, 2.45) is 5.41 Å². The van der Waals surface area contributed by atoms with Gasteiger partial charge in [-0.3, -0.25) is 9.59 Å². The van der Waals surface area contributed by atoms with Crippen LogP contribution in [-0.2, 0) is 35.9 Å². The Bertz CT molecular complexity index is 1340. The fourth-order valence-corrected chi connectivity index (χ4v) is 4.78. The number of Topliss-reactive ketones (excluding diaryl/α,β-unsaturated/α-hetero) is 2. The van der Waals surface area contributed by atoms with Crippen molar-refractivity contribution in [2.45, 2.75) is 104 Å². The SMILES string of the molecule is CC(C)(CCC(=O)CC(Cc1cc(F)ccc1F)NC(=O)OBr)CCC(=O)[C@@H](O)[C@@H](COCc1ccccc1)NC(=O)OC(C)(C)C. The van der Waals surface area contributed by atoms with Gasteiger partial charge in [-0.1, -0.05) is 44.2 Å². The Morgan fingerprint density at radius 3 is 2.21 bits per heavy atom. The summed E-state index contributed by atoms with van der Waals surface area (Å²) in [7, 11) is 0. The summed E-state index contributed by atoms with van der Waals surface area (Å²) in [6, 6.07) is 10.3. The highest BCUT2D eigenvalue weighted by atomic mass is 79.9. The Hall–Kier alpha value is -3.42. The molecule has 2 aromatic carbocycles. The molecule has 10 nitrogen and oxygen atoms in total. The summed E-state index contributed by atoms with van der Waals surface area (Å²) in [6.07, 6.45) is -2.80. The zero-order valence-corrected chi connectivity index (χ0v) is 29.0. The Balaban J connectivity index is 1.96. The normalized spacial score (nSPS) is 13.6. The molecule has 0 aliphatic rings. The number of aliphatic hydroxyl groups excluding tert-OH is 1. The molecule has 3 N–H and O–H groups in total. The average molecular weight is 728 g/mol. The number of hydrogen-bond acceptors (Lipinski definition) is 8. The number of halogens is 3. The quantitative estimate of drug-likeness (QED) is 0.158. The number of hydrogen-bond donors (Lipinski definition) is 3.